The molecule has 1 aromatic rings. The van der Waals surface area contributed by atoms with E-state index in [1.165, 1.54) is 5.56 Å². The van der Waals surface area contributed by atoms with E-state index in [1.807, 2.05) is 18.2 Å². The van der Waals surface area contributed by atoms with Crippen molar-refractivity contribution >= 4 is 6.29 Å². The molecule has 3 atom stereocenters. The van der Waals surface area contributed by atoms with E-state index in [1.54, 1.807) is 0 Å². The van der Waals surface area contributed by atoms with Crippen LogP contribution in [0.25, 0.3) is 0 Å². The molecule has 0 bridgehead atoms. The SMILES string of the molecule is CC(C)(C)[C@@H]1[C@@H](C=O)N1Cc1ccccc1. The lowest BCUT2D eigenvalue weighted by Gasteiger charge is -2.17. The maximum absolute atomic E-state index is 11.0. The van der Waals surface area contributed by atoms with Crippen LogP contribution in [0.2, 0.25) is 0 Å². The highest BCUT2D eigenvalue weighted by Crippen LogP contribution is 2.41. The van der Waals surface area contributed by atoms with Crippen molar-refractivity contribution < 1.29 is 4.79 Å². The van der Waals surface area contributed by atoms with Gasteiger partial charge in [0.1, 0.15) is 6.29 Å². The second-order valence-electron chi connectivity index (χ2n) is 5.60. The monoisotopic (exact) mass is 217 g/mol. The molecule has 2 nitrogen and oxygen atoms in total. The van der Waals surface area contributed by atoms with Gasteiger partial charge >= 0.3 is 0 Å². The first kappa shape index (κ1) is 11.3. The van der Waals surface area contributed by atoms with Crippen molar-refractivity contribution in [2.45, 2.75) is 39.4 Å². The van der Waals surface area contributed by atoms with Gasteiger partial charge in [0.15, 0.2) is 0 Å². The Morgan fingerprint density at radius 1 is 1.25 bits per heavy atom. The molecule has 86 valence electrons. The van der Waals surface area contributed by atoms with Gasteiger partial charge in [-0.15, -0.1) is 0 Å². The number of hydrogen-bond donors (Lipinski definition) is 0. The Morgan fingerprint density at radius 2 is 1.88 bits per heavy atom. The van der Waals surface area contributed by atoms with Gasteiger partial charge in [-0.1, -0.05) is 51.1 Å². The van der Waals surface area contributed by atoms with Gasteiger partial charge in [-0.3, -0.25) is 4.90 Å². The minimum atomic E-state index is 0.111. The van der Waals surface area contributed by atoms with Crippen molar-refractivity contribution in [3.63, 3.8) is 0 Å². The summed E-state index contributed by atoms with van der Waals surface area (Å²) in [7, 11) is 0. The second-order valence-corrected chi connectivity index (χ2v) is 5.60. The minimum absolute atomic E-state index is 0.111. The molecule has 1 heterocycles. The fraction of sp³-hybridized carbons (Fsp3) is 0.500. The van der Waals surface area contributed by atoms with Crippen LogP contribution >= 0.6 is 0 Å². The number of hydrogen-bond acceptors (Lipinski definition) is 2. The van der Waals surface area contributed by atoms with E-state index >= 15 is 0 Å². The zero-order chi connectivity index (χ0) is 11.8. The van der Waals surface area contributed by atoms with Crippen molar-refractivity contribution in [1.82, 2.24) is 4.90 Å². The smallest absolute Gasteiger partial charge is 0.138 e. The van der Waals surface area contributed by atoms with Crippen molar-refractivity contribution in [3.05, 3.63) is 35.9 Å². The van der Waals surface area contributed by atoms with E-state index in [-0.39, 0.29) is 11.5 Å². The van der Waals surface area contributed by atoms with Gasteiger partial charge in [-0.2, -0.15) is 0 Å². The number of carbonyl (C=O) groups excluding carboxylic acids is 1. The zero-order valence-electron chi connectivity index (χ0n) is 10.2. The second kappa shape index (κ2) is 4.02. The average Bonchev–Trinajstić information content (AvgIpc) is 2.92. The van der Waals surface area contributed by atoms with Gasteiger partial charge in [-0.25, -0.2) is 0 Å². The molecule has 1 aliphatic heterocycles. The molecule has 2 heteroatoms. The van der Waals surface area contributed by atoms with Crippen LogP contribution < -0.4 is 0 Å². The Bertz CT molecular complexity index is 366. The normalized spacial score (nSPS) is 28.8. The molecule has 1 unspecified atom stereocenters. The lowest BCUT2D eigenvalue weighted by molar-refractivity contribution is -0.108. The van der Waals surface area contributed by atoms with E-state index in [4.69, 9.17) is 0 Å². The largest absolute Gasteiger partial charge is 0.302 e. The maximum atomic E-state index is 11.0. The summed E-state index contributed by atoms with van der Waals surface area (Å²) >= 11 is 0. The summed E-state index contributed by atoms with van der Waals surface area (Å²) in [4.78, 5) is 13.2. The number of aldehydes is 1. The Morgan fingerprint density at radius 3 is 2.31 bits per heavy atom. The zero-order valence-corrected chi connectivity index (χ0v) is 10.2. The fourth-order valence-electron chi connectivity index (χ4n) is 2.46. The quantitative estimate of drug-likeness (QED) is 0.572. The molecule has 2 rings (SSSR count). The fourth-order valence-corrected chi connectivity index (χ4v) is 2.46. The molecule has 0 amide bonds. The predicted molar refractivity (Wildman–Crippen MR) is 65.1 cm³/mol. The summed E-state index contributed by atoms with van der Waals surface area (Å²) in [5.74, 6) is 0. The van der Waals surface area contributed by atoms with Crippen LogP contribution in [0.4, 0.5) is 0 Å². The van der Waals surface area contributed by atoms with Crippen LogP contribution in [0.3, 0.4) is 0 Å². The van der Waals surface area contributed by atoms with Gasteiger partial charge in [-0.05, 0) is 11.0 Å². The standard InChI is InChI=1S/C14H19NO/c1-14(2,3)13-12(10-16)15(13)9-11-7-5-4-6-8-11/h4-8,10,12-13H,9H2,1-3H3/t12-,13+,15?/m1/s1. The Labute approximate surface area is 97.3 Å². The molecule has 0 aliphatic carbocycles. The average molecular weight is 217 g/mol. The molecule has 0 saturated carbocycles. The molecule has 1 aromatic carbocycles. The molecule has 0 spiro atoms. The van der Waals surface area contributed by atoms with Crippen LogP contribution in [-0.2, 0) is 11.3 Å². The van der Waals surface area contributed by atoms with Crippen molar-refractivity contribution in [3.8, 4) is 0 Å². The van der Waals surface area contributed by atoms with Crippen molar-refractivity contribution in [2.24, 2.45) is 5.41 Å². The summed E-state index contributed by atoms with van der Waals surface area (Å²) in [5, 5.41) is 0. The highest BCUT2D eigenvalue weighted by Gasteiger charge is 2.53. The lowest BCUT2D eigenvalue weighted by atomic mass is 9.90. The Balaban J connectivity index is 2.05. The first-order valence-electron chi connectivity index (χ1n) is 5.79. The van der Waals surface area contributed by atoms with Crippen LogP contribution in [-0.4, -0.2) is 23.3 Å². The molecular weight excluding hydrogens is 198 g/mol. The van der Waals surface area contributed by atoms with Gasteiger partial charge in [0.05, 0.1) is 6.04 Å². The number of rotatable bonds is 3. The minimum Gasteiger partial charge on any atom is -0.302 e. The number of nitrogens with zero attached hydrogens (tertiary/aromatic N) is 1. The maximum Gasteiger partial charge on any atom is 0.138 e. The third-order valence-electron chi connectivity index (χ3n) is 3.21. The van der Waals surface area contributed by atoms with Crippen LogP contribution in [0.15, 0.2) is 30.3 Å². The molecule has 0 N–H and O–H groups in total. The summed E-state index contributed by atoms with van der Waals surface area (Å²) in [6.07, 6.45) is 1.08. The number of carbonyl (C=O) groups is 1. The third-order valence-corrected chi connectivity index (χ3v) is 3.21. The number of benzene rings is 1. The molecule has 16 heavy (non-hydrogen) atoms. The molecule has 0 radical (unpaired) electrons. The summed E-state index contributed by atoms with van der Waals surface area (Å²) in [5.41, 5.74) is 1.46. The van der Waals surface area contributed by atoms with E-state index in [0.717, 1.165) is 12.8 Å². The highest BCUT2D eigenvalue weighted by molar-refractivity contribution is 5.64. The van der Waals surface area contributed by atoms with Crippen LogP contribution in [0, 0.1) is 5.41 Å². The molecular formula is C14H19NO. The molecule has 0 aromatic heterocycles. The van der Waals surface area contributed by atoms with E-state index in [0.29, 0.717) is 6.04 Å². The van der Waals surface area contributed by atoms with E-state index < -0.39 is 0 Å². The lowest BCUT2D eigenvalue weighted by Crippen LogP contribution is -2.19. The van der Waals surface area contributed by atoms with Gasteiger partial charge in [0.2, 0.25) is 0 Å². The summed E-state index contributed by atoms with van der Waals surface area (Å²) < 4.78 is 0. The summed E-state index contributed by atoms with van der Waals surface area (Å²) in [6.45, 7) is 7.46. The molecule has 1 saturated heterocycles. The van der Waals surface area contributed by atoms with Gasteiger partial charge < -0.3 is 4.79 Å². The van der Waals surface area contributed by atoms with E-state index in [2.05, 4.69) is 37.8 Å². The Hall–Kier alpha value is -1.15. The third kappa shape index (κ3) is 2.17. The van der Waals surface area contributed by atoms with Crippen LogP contribution in [0.1, 0.15) is 26.3 Å². The van der Waals surface area contributed by atoms with Crippen LogP contribution in [0.5, 0.6) is 0 Å². The van der Waals surface area contributed by atoms with Gasteiger partial charge in [0.25, 0.3) is 0 Å². The molecule has 1 fully saturated rings. The first-order chi connectivity index (χ1) is 7.54. The predicted octanol–water partition coefficient (Wildman–Crippen LogP) is 2.48. The molecule has 1 aliphatic rings. The van der Waals surface area contributed by atoms with Gasteiger partial charge in [0, 0.05) is 12.6 Å². The van der Waals surface area contributed by atoms with Crippen molar-refractivity contribution in [1.29, 1.82) is 0 Å². The first-order valence-corrected chi connectivity index (χ1v) is 5.79. The highest BCUT2D eigenvalue weighted by atomic mass is 16.1. The van der Waals surface area contributed by atoms with E-state index in [9.17, 15) is 4.79 Å². The van der Waals surface area contributed by atoms with Crippen molar-refractivity contribution in [2.75, 3.05) is 0 Å². The summed E-state index contributed by atoms with van der Waals surface area (Å²) in [6, 6.07) is 10.8. The Kier molecular flexibility index (Phi) is 2.85. The topological polar surface area (TPSA) is 20.1 Å².